The van der Waals surface area contributed by atoms with Crippen molar-refractivity contribution in [2.45, 2.75) is 138 Å². The summed E-state index contributed by atoms with van der Waals surface area (Å²) in [6.07, 6.45) is -5.69. The van der Waals surface area contributed by atoms with Crippen molar-refractivity contribution in [3.8, 4) is 17.2 Å². The second-order valence-corrected chi connectivity index (χ2v) is 28.1. The zero-order valence-corrected chi connectivity index (χ0v) is 65.0. The van der Waals surface area contributed by atoms with Gasteiger partial charge in [0.25, 0.3) is 5.91 Å². The number of aliphatic carboxylic acids is 9. The molecule has 4 aromatic rings. The summed E-state index contributed by atoms with van der Waals surface area (Å²) in [4.78, 5) is 236. The number of carbonyl (C=O) groups excluding carboxylic acids is 9. The van der Waals surface area contributed by atoms with Crippen LogP contribution in [0.3, 0.4) is 0 Å². The maximum absolute atomic E-state index is 14.7. The maximum atomic E-state index is 14.7. The van der Waals surface area contributed by atoms with E-state index in [9.17, 15) is 142 Å². The molecule has 8 atom stereocenters. The summed E-state index contributed by atoms with van der Waals surface area (Å²) >= 11 is 0. The molecule has 0 saturated carbocycles. The van der Waals surface area contributed by atoms with E-state index < -0.39 is 232 Å². The lowest BCUT2D eigenvalue weighted by Gasteiger charge is -2.35. The molecule has 0 aromatic heterocycles. The molecule has 44 nitrogen and oxygen atoms in total. The molecule has 22 N–H and O–H groups in total. The first-order valence-corrected chi connectivity index (χ1v) is 37.9. The highest BCUT2D eigenvalue weighted by Crippen LogP contribution is 2.22. The summed E-state index contributed by atoms with van der Waals surface area (Å²) in [5.41, 5.74) is 0.479. The van der Waals surface area contributed by atoms with Crippen LogP contribution in [0.5, 0.6) is 17.2 Å². The van der Waals surface area contributed by atoms with Crippen molar-refractivity contribution in [3.05, 3.63) is 102 Å². The number of carbonyl (C=O) groups is 18. The third-order valence-electron chi connectivity index (χ3n) is 18.8. The summed E-state index contributed by atoms with van der Waals surface area (Å²) < 4.78 is 0. The number of carboxylic acid groups (broad SMARTS) is 9. The first-order valence-electron chi connectivity index (χ1n) is 37.9. The van der Waals surface area contributed by atoms with Crippen LogP contribution in [0.15, 0.2) is 84.9 Å². The molecule has 4 aromatic carbocycles. The van der Waals surface area contributed by atoms with E-state index in [0.29, 0.717) is 11.1 Å². The van der Waals surface area contributed by atoms with Gasteiger partial charge in [0.05, 0.1) is 32.6 Å². The number of fused-ring (bicyclic) bond motifs is 1. The number of nitrogens with zero attached hydrogens (tertiary/aromatic N) is 4. The summed E-state index contributed by atoms with van der Waals surface area (Å²) in [6, 6.07) is 6.05. The van der Waals surface area contributed by atoms with Crippen molar-refractivity contribution in [2.75, 3.05) is 91.6 Å². The third-order valence-corrected chi connectivity index (χ3v) is 18.8. The van der Waals surface area contributed by atoms with E-state index in [-0.39, 0.29) is 128 Å². The molecule has 1 aliphatic heterocycles. The molecule has 1 heterocycles. The Labute approximate surface area is 684 Å². The SMILES string of the molecule is O=C(O)CC[C@H](NC(=O)N[C@@H](CCC(=O)N[C@@H](CCCNC(=O)C[C@@H](NC(=O)c1cc(O)cc(O)c1)C(=O)NCCCC[C@@H](NC(=O)[C@@H](Cc1ccc2ccccc2c1)NC(=O)[C@@H](Cc1ccc(O)cc1)NC(=O)CNC(=O)CCC(C(=O)O)N1CCN(CC(=O)O)CCN(CC(=O)O)CCN(CC(=O)O)CC1)C(=O)O)C(=O)O)C(=O)O)C(=O)O. The van der Waals surface area contributed by atoms with Gasteiger partial charge in [-0.05, 0) is 97.5 Å². The van der Waals surface area contributed by atoms with Gasteiger partial charge < -0.3 is 114 Å². The van der Waals surface area contributed by atoms with E-state index in [2.05, 4.69) is 42.5 Å². The smallest absolute Gasteiger partial charge is 0.326 e. The molecular formula is C76H100N14O30. The topological polar surface area (TPSA) is 683 Å². The van der Waals surface area contributed by atoms with Crippen LogP contribution < -0.4 is 53.2 Å². The lowest BCUT2D eigenvalue weighted by atomic mass is 9.99. The molecule has 1 saturated heterocycles. The predicted octanol–water partition coefficient (Wildman–Crippen LogP) is -3.10. The Morgan fingerprint density at radius 3 is 1.33 bits per heavy atom. The number of carboxylic acids is 9. The van der Waals surface area contributed by atoms with Gasteiger partial charge in [-0.15, -0.1) is 0 Å². The number of phenols is 3. The van der Waals surface area contributed by atoms with Gasteiger partial charge in [-0.25, -0.2) is 24.0 Å². The minimum Gasteiger partial charge on any atom is -0.508 e. The number of hydrogen-bond acceptors (Lipinski definition) is 25. The van der Waals surface area contributed by atoms with Gasteiger partial charge >= 0.3 is 59.8 Å². The minimum atomic E-state index is -1.81. The van der Waals surface area contributed by atoms with Gasteiger partial charge in [-0.1, -0.05) is 54.6 Å². The molecule has 120 heavy (non-hydrogen) atoms. The molecule has 1 unspecified atom stereocenters. The minimum absolute atomic E-state index is 0.0221. The third kappa shape index (κ3) is 36.4. The largest absolute Gasteiger partial charge is 0.508 e. The van der Waals surface area contributed by atoms with Crippen molar-refractivity contribution < 1.29 is 148 Å². The maximum Gasteiger partial charge on any atom is 0.326 e. The Bertz CT molecular complexity index is 4250. The molecular weight excluding hydrogens is 1590 g/mol. The number of amides is 10. The van der Waals surface area contributed by atoms with Crippen LogP contribution in [-0.4, -0.2) is 328 Å². The second-order valence-electron chi connectivity index (χ2n) is 28.1. The predicted molar refractivity (Wildman–Crippen MR) is 415 cm³/mol. The van der Waals surface area contributed by atoms with Gasteiger partial charge in [0.15, 0.2) is 0 Å². The van der Waals surface area contributed by atoms with Crippen molar-refractivity contribution in [1.29, 1.82) is 0 Å². The van der Waals surface area contributed by atoms with E-state index >= 15 is 0 Å². The van der Waals surface area contributed by atoms with Crippen LogP contribution in [0.1, 0.15) is 98.5 Å². The number of unbranched alkanes of at least 4 members (excludes halogenated alkanes) is 1. The lowest BCUT2D eigenvalue weighted by molar-refractivity contribution is -0.145. The summed E-state index contributed by atoms with van der Waals surface area (Å²) in [7, 11) is 0. The van der Waals surface area contributed by atoms with Crippen molar-refractivity contribution in [3.63, 3.8) is 0 Å². The van der Waals surface area contributed by atoms with Gasteiger partial charge in [0.1, 0.15) is 65.6 Å². The van der Waals surface area contributed by atoms with Crippen LogP contribution in [0, 0.1) is 0 Å². The van der Waals surface area contributed by atoms with Crippen molar-refractivity contribution in [2.24, 2.45) is 0 Å². The number of aromatic hydroxyl groups is 3. The molecule has 654 valence electrons. The van der Waals surface area contributed by atoms with E-state index in [1.54, 1.807) is 36.4 Å². The normalized spacial score (nSPS) is 15.0. The molecule has 1 fully saturated rings. The second kappa shape index (κ2) is 49.6. The molecule has 10 amide bonds. The highest BCUT2D eigenvalue weighted by Gasteiger charge is 2.35. The fourth-order valence-corrected chi connectivity index (χ4v) is 12.6. The van der Waals surface area contributed by atoms with Gasteiger partial charge in [0.2, 0.25) is 41.4 Å². The zero-order chi connectivity index (χ0) is 88.7. The fourth-order valence-electron chi connectivity index (χ4n) is 12.6. The van der Waals surface area contributed by atoms with Crippen LogP contribution in [0.2, 0.25) is 0 Å². The number of benzene rings is 4. The first-order chi connectivity index (χ1) is 56.8. The molecule has 44 heteroatoms. The number of hydrogen-bond donors (Lipinski definition) is 22. The van der Waals surface area contributed by atoms with E-state index in [1.165, 1.54) is 43.9 Å². The molecule has 5 rings (SSSR count). The quantitative estimate of drug-likeness (QED) is 0.0195. The highest BCUT2D eigenvalue weighted by atomic mass is 16.4. The van der Waals surface area contributed by atoms with Crippen molar-refractivity contribution >= 4 is 118 Å². The average molecular weight is 1690 g/mol. The summed E-state index contributed by atoms with van der Waals surface area (Å²) in [5.74, 6) is -21.8. The molecule has 0 spiro atoms. The fraction of sp³-hybridized carbons (Fsp3) is 0.474. The Kier molecular flexibility index (Phi) is 40.2. The van der Waals surface area contributed by atoms with Crippen LogP contribution in [0.4, 0.5) is 4.79 Å². The number of phenolic OH excluding ortho intramolecular Hbond substituents is 3. The number of urea groups is 1. The Morgan fingerprint density at radius 1 is 0.342 bits per heavy atom. The Balaban J connectivity index is 1.24. The van der Waals surface area contributed by atoms with Crippen LogP contribution in [-0.2, 0) is 89.6 Å². The zero-order valence-electron chi connectivity index (χ0n) is 65.0. The lowest BCUT2D eigenvalue weighted by Crippen LogP contribution is -2.57. The van der Waals surface area contributed by atoms with E-state index in [4.69, 9.17) is 5.11 Å². The standard InChI is InChI=1S/C76H100N14O30/c91-48-14-11-43(12-15-48)33-55(81-62(97)39-79-59(94)20-18-58(75(118)119)90-30-28-88(41-65(102)103)26-24-87(40-64(100)101)25-27-89(29-31-90)42-66(104)105)69(108)84-56(34-44-10-13-45-6-1-2-7-46(45)32-44)70(109)82-52(72(112)113)8-3-4-22-78-68(107)57(83-67(106)47-35-49(92)37-50(93)36-47)38-61(96)77-23-5-9-51(71(110)111)80-60(95)19-16-53(73(114)115)85-76(120)86-54(74(116)117)17-21-63(98)99/h1-2,6-7,10-15,32,35-37,51-58,91-93H,3-5,8-9,16-31,33-34,38-42H2,(H,77,96)(H,78,107)(H,79,94)(H,80,95)(H,81,97)(H,82,109)(H,83,106)(H,84,108)(H,98,99)(H,100,101)(H,102,103)(H,104,105)(H,110,111)(H,112,113)(H,114,115)(H,116,117)(H,118,119)(H2,85,86,120)/t51-,52+,53-,54-,55+,56+,57+,58?/m0/s1. The molecule has 1 aliphatic rings. The Hall–Kier alpha value is -13.4. The van der Waals surface area contributed by atoms with Gasteiger partial charge in [0, 0.05) is 109 Å². The van der Waals surface area contributed by atoms with Crippen molar-refractivity contribution in [1.82, 2.24) is 72.8 Å². The Morgan fingerprint density at radius 2 is 0.800 bits per heavy atom. The van der Waals surface area contributed by atoms with E-state index in [0.717, 1.165) is 29.0 Å². The van der Waals surface area contributed by atoms with Gasteiger partial charge in [-0.3, -0.25) is 81.9 Å². The first kappa shape index (κ1) is 97.2. The highest BCUT2D eigenvalue weighted by molar-refractivity contribution is 6.00. The van der Waals surface area contributed by atoms with Crippen LogP contribution in [0.25, 0.3) is 10.8 Å². The molecule has 0 radical (unpaired) electrons. The monoisotopic (exact) mass is 1690 g/mol. The summed E-state index contributed by atoms with van der Waals surface area (Å²) in [5, 5.41) is 143. The number of nitrogens with one attached hydrogen (secondary N) is 10. The number of rotatable bonds is 49. The van der Waals surface area contributed by atoms with Crippen LogP contribution >= 0.6 is 0 Å². The molecule has 0 aliphatic carbocycles. The average Bonchev–Trinajstić information content (AvgIpc) is 0.827. The molecule has 0 bridgehead atoms. The summed E-state index contributed by atoms with van der Waals surface area (Å²) in [6.45, 7) is -2.77. The van der Waals surface area contributed by atoms with E-state index in [1.807, 2.05) is 16.7 Å². The van der Waals surface area contributed by atoms with Gasteiger partial charge in [-0.2, -0.15) is 0 Å².